The summed E-state index contributed by atoms with van der Waals surface area (Å²) < 4.78 is 5.15. The fraction of sp³-hybridized carbons (Fsp3) is 0.143. The maximum atomic E-state index is 11.4. The van der Waals surface area contributed by atoms with Crippen molar-refractivity contribution in [1.29, 1.82) is 0 Å². The van der Waals surface area contributed by atoms with Crippen molar-refractivity contribution >= 4 is 17.7 Å². The van der Waals surface area contributed by atoms with Gasteiger partial charge in [-0.15, -0.1) is 0 Å². The minimum Gasteiger partial charge on any atom is -0.495 e. The first-order valence-electron chi connectivity index (χ1n) is 5.60. The van der Waals surface area contributed by atoms with Crippen LogP contribution < -0.4 is 0 Å². The summed E-state index contributed by atoms with van der Waals surface area (Å²) in [5.74, 6) is -2.52. The second-order valence-electron chi connectivity index (χ2n) is 4.00. The highest BCUT2D eigenvalue weighted by molar-refractivity contribution is 6.10. The Balaban J connectivity index is 2.77. The van der Waals surface area contributed by atoms with Gasteiger partial charge in [0, 0.05) is 5.56 Å². The first-order valence-corrected chi connectivity index (χ1v) is 5.60. The van der Waals surface area contributed by atoms with Gasteiger partial charge in [0.25, 0.3) is 0 Å². The Bertz CT molecular complexity index is 610. The fourth-order valence-corrected chi connectivity index (χ4v) is 2.11. The molecule has 1 aliphatic rings. The van der Waals surface area contributed by atoms with Gasteiger partial charge >= 0.3 is 11.9 Å². The zero-order valence-corrected chi connectivity index (χ0v) is 10.2. The van der Waals surface area contributed by atoms with Crippen LogP contribution in [0.25, 0.3) is 5.76 Å². The number of ether oxygens (including phenoxy) is 1. The van der Waals surface area contributed by atoms with Gasteiger partial charge in [-0.05, 0) is 12.0 Å². The minimum absolute atomic E-state index is 0.0780. The maximum absolute atomic E-state index is 11.4. The lowest BCUT2D eigenvalue weighted by Gasteiger charge is -2.12. The van der Waals surface area contributed by atoms with Crippen LogP contribution in [0.1, 0.15) is 11.1 Å². The van der Waals surface area contributed by atoms with Gasteiger partial charge in [-0.1, -0.05) is 30.3 Å². The predicted octanol–water partition coefficient (Wildman–Crippen LogP) is 1.70. The summed E-state index contributed by atoms with van der Waals surface area (Å²) in [6.45, 7) is 0. The first kappa shape index (κ1) is 12.9. The fourth-order valence-electron chi connectivity index (χ4n) is 2.11. The molecule has 2 rings (SSSR count). The van der Waals surface area contributed by atoms with Crippen molar-refractivity contribution in [2.24, 2.45) is 0 Å². The molecule has 0 bridgehead atoms. The van der Waals surface area contributed by atoms with E-state index in [9.17, 15) is 14.7 Å². The summed E-state index contributed by atoms with van der Waals surface area (Å²) in [6.07, 6.45) is 1.75. The van der Waals surface area contributed by atoms with Gasteiger partial charge < -0.3 is 14.9 Å². The molecular formula is C14H12O5. The molecule has 0 saturated carbocycles. The number of carboxylic acid groups (broad SMARTS) is 2. The average Bonchev–Trinajstić information content (AvgIpc) is 2.54. The Morgan fingerprint density at radius 1 is 1.16 bits per heavy atom. The number of hydrogen-bond donors (Lipinski definition) is 2. The van der Waals surface area contributed by atoms with Crippen molar-refractivity contribution in [1.82, 2.24) is 0 Å². The number of allylic oxidation sites excluding steroid dienone is 1. The molecule has 0 aromatic heterocycles. The zero-order chi connectivity index (χ0) is 14.0. The third-order valence-electron chi connectivity index (χ3n) is 2.93. The molecule has 19 heavy (non-hydrogen) atoms. The van der Waals surface area contributed by atoms with Crippen LogP contribution in [0.5, 0.6) is 0 Å². The van der Waals surface area contributed by atoms with Gasteiger partial charge in [0.05, 0.1) is 12.7 Å². The SMILES string of the molecule is COC1=C(C(=O)O)C(C(=O)O)=CCc2ccccc21. The quantitative estimate of drug-likeness (QED) is 0.864. The van der Waals surface area contributed by atoms with Crippen LogP contribution in [-0.4, -0.2) is 29.3 Å². The number of carboxylic acids is 2. The monoisotopic (exact) mass is 260 g/mol. The van der Waals surface area contributed by atoms with Crippen molar-refractivity contribution in [3.63, 3.8) is 0 Å². The molecule has 0 aliphatic heterocycles. The normalized spacial score (nSPS) is 14.3. The number of hydrogen-bond acceptors (Lipinski definition) is 3. The number of carbonyl (C=O) groups is 2. The minimum atomic E-state index is -1.32. The van der Waals surface area contributed by atoms with E-state index >= 15 is 0 Å². The summed E-state index contributed by atoms with van der Waals surface area (Å²) >= 11 is 0. The third-order valence-corrected chi connectivity index (χ3v) is 2.93. The Labute approximate surface area is 109 Å². The highest BCUT2D eigenvalue weighted by Crippen LogP contribution is 2.31. The van der Waals surface area contributed by atoms with Crippen LogP contribution in [0, 0.1) is 0 Å². The van der Waals surface area contributed by atoms with E-state index in [1.807, 2.05) is 12.1 Å². The summed E-state index contributed by atoms with van der Waals surface area (Å²) in [5, 5.41) is 18.4. The molecule has 0 heterocycles. The molecular weight excluding hydrogens is 248 g/mol. The predicted molar refractivity (Wildman–Crippen MR) is 67.4 cm³/mol. The summed E-state index contributed by atoms with van der Waals surface area (Å²) in [4.78, 5) is 22.6. The van der Waals surface area contributed by atoms with Crippen LogP contribution in [-0.2, 0) is 20.7 Å². The van der Waals surface area contributed by atoms with Crippen LogP contribution in [0.3, 0.4) is 0 Å². The molecule has 5 nitrogen and oxygen atoms in total. The first-order chi connectivity index (χ1) is 9.06. The van der Waals surface area contributed by atoms with Gasteiger partial charge in [0.2, 0.25) is 0 Å². The second kappa shape index (κ2) is 4.97. The van der Waals surface area contributed by atoms with Crippen LogP contribution >= 0.6 is 0 Å². The highest BCUT2D eigenvalue weighted by Gasteiger charge is 2.28. The highest BCUT2D eigenvalue weighted by atomic mass is 16.5. The van der Waals surface area contributed by atoms with Crippen molar-refractivity contribution in [3.05, 3.63) is 52.6 Å². The van der Waals surface area contributed by atoms with Gasteiger partial charge in [-0.25, -0.2) is 9.59 Å². The van der Waals surface area contributed by atoms with E-state index in [4.69, 9.17) is 9.84 Å². The molecule has 1 aliphatic carbocycles. The van der Waals surface area contributed by atoms with Crippen molar-refractivity contribution in [3.8, 4) is 0 Å². The Morgan fingerprint density at radius 2 is 1.84 bits per heavy atom. The van der Waals surface area contributed by atoms with E-state index in [1.165, 1.54) is 13.2 Å². The number of benzene rings is 1. The van der Waals surface area contributed by atoms with E-state index < -0.39 is 11.9 Å². The molecule has 1 aromatic rings. The Kier molecular flexibility index (Phi) is 3.37. The molecule has 98 valence electrons. The van der Waals surface area contributed by atoms with Crippen LogP contribution in [0.15, 0.2) is 41.5 Å². The standard InChI is InChI=1S/C14H12O5/c1-19-12-9-5-3-2-4-8(9)6-7-10(13(15)16)11(12)14(17)18/h2-5,7H,6H2,1H3,(H,15,16)(H,17,18). The second-order valence-corrected chi connectivity index (χ2v) is 4.00. The molecule has 0 spiro atoms. The lowest BCUT2D eigenvalue weighted by molar-refractivity contribution is -0.136. The summed E-state index contributed by atoms with van der Waals surface area (Å²) in [6, 6.07) is 7.10. The van der Waals surface area contributed by atoms with E-state index in [0.29, 0.717) is 12.0 Å². The third kappa shape index (κ3) is 2.22. The number of rotatable bonds is 3. The maximum Gasteiger partial charge on any atom is 0.340 e. The lowest BCUT2D eigenvalue weighted by Crippen LogP contribution is -2.13. The van der Waals surface area contributed by atoms with E-state index in [1.54, 1.807) is 12.1 Å². The van der Waals surface area contributed by atoms with Gasteiger partial charge in [0.1, 0.15) is 11.3 Å². The van der Waals surface area contributed by atoms with Gasteiger partial charge in [-0.3, -0.25) is 0 Å². The summed E-state index contributed by atoms with van der Waals surface area (Å²) in [7, 11) is 1.33. The Morgan fingerprint density at radius 3 is 2.42 bits per heavy atom. The number of methoxy groups -OCH3 is 1. The Hall–Kier alpha value is -2.56. The van der Waals surface area contributed by atoms with Gasteiger partial charge in [0.15, 0.2) is 0 Å². The zero-order valence-electron chi connectivity index (χ0n) is 10.2. The van der Waals surface area contributed by atoms with E-state index in [2.05, 4.69) is 0 Å². The average molecular weight is 260 g/mol. The van der Waals surface area contributed by atoms with E-state index in [-0.39, 0.29) is 16.9 Å². The topological polar surface area (TPSA) is 83.8 Å². The van der Waals surface area contributed by atoms with Crippen LogP contribution in [0.2, 0.25) is 0 Å². The van der Waals surface area contributed by atoms with E-state index in [0.717, 1.165) is 5.56 Å². The molecule has 0 fully saturated rings. The van der Waals surface area contributed by atoms with Crippen LogP contribution in [0.4, 0.5) is 0 Å². The molecule has 1 aromatic carbocycles. The lowest BCUT2D eigenvalue weighted by atomic mass is 10.0. The van der Waals surface area contributed by atoms with Crippen molar-refractivity contribution in [2.45, 2.75) is 6.42 Å². The molecule has 5 heteroatoms. The van der Waals surface area contributed by atoms with Gasteiger partial charge in [-0.2, -0.15) is 0 Å². The van der Waals surface area contributed by atoms with Crippen molar-refractivity contribution in [2.75, 3.05) is 7.11 Å². The van der Waals surface area contributed by atoms with Crippen molar-refractivity contribution < 1.29 is 24.5 Å². The largest absolute Gasteiger partial charge is 0.495 e. The molecule has 0 radical (unpaired) electrons. The molecule has 0 atom stereocenters. The summed E-state index contributed by atoms with van der Waals surface area (Å²) in [5.41, 5.74) is 0.866. The molecule has 0 unspecified atom stereocenters. The molecule has 0 saturated heterocycles. The number of aliphatic carboxylic acids is 2. The smallest absolute Gasteiger partial charge is 0.340 e. The number of fused-ring (bicyclic) bond motifs is 1. The molecule has 2 N–H and O–H groups in total. The molecule has 0 amide bonds.